The molecule has 0 aliphatic carbocycles. The summed E-state index contributed by atoms with van der Waals surface area (Å²) >= 11 is 0. The highest BCUT2D eigenvalue weighted by Gasteiger charge is 2.25. The number of methoxy groups -OCH3 is 1. The molecule has 2 rings (SSSR count). The van der Waals surface area contributed by atoms with Crippen molar-refractivity contribution in [1.29, 1.82) is 0 Å². The highest BCUT2D eigenvalue weighted by atomic mass is 16.5. The van der Waals surface area contributed by atoms with Gasteiger partial charge in [-0.2, -0.15) is 0 Å². The van der Waals surface area contributed by atoms with Crippen molar-refractivity contribution in [3.63, 3.8) is 0 Å². The molecule has 1 heterocycles. The monoisotopic (exact) mass is 261 g/mol. The minimum Gasteiger partial charge on any atom is -0.496 e. The van der Waals surface area contributed by atoms with Crippen LogP contribution in [0.4, 0.5) is 0 Å². The number of benzene rings is 1. The van der Waals surface area contributed by atoms with Crippen LogP contribution in [-0.2, 0) is 5.41 Å². The molecule has 4 nitrogen and oxygen atoms in total. The molecule has 0 radical (unpaired) electrons. The van der Waals surface area contributed by atoms with E-state index in [1.165, 1.54) is 0 Å². The Morgan fingerprint density at radius 1 is 1.32 bits per heavy atom. The lowest BCUT2D eigenvalue weighted by Gasteiger charge is -2.23. The summed E-state index contributed by atoms with van der Waals surface area (Å²) in [6.07, 6.45) is 0. The number of aryl methyl sites for hydroxylation is 1. The second kappa shape index (κ2) is 4.30. The number of carboxylic acid groups (broad SMARTS) is 1. The van der Waals surface area contributed by atoms with Gasteiger partial charge in [-0.1, -0.05) is 20.8 Å². The van der Waals surface area contributed by atoms with E-state index >= 15 is 0 Å². The predicted molar refractivity (Wildman–Crippen MR) is 75.2 cm³/mol. The van der Waals surface area contributed by atoms with Gasteiger partial charge >= 0.3 is 5.97 Å². The van der Waals surface area contributed by atoms with E-state index in [1.807, 2.05) is 13.0 Å². The zero-order chi connectivity index (χ0) is 14.4. The highest BCUT2D eigenvalue weighted by Crippen LogP contribution is 2.39. The molecule has 0 fully saturated rings. The Morgan fingerprint density at radius 2 is 1.95 bits per heavy atom. The number of aromatic carboxylic acids is 1. The fraction of sp³-hybridized carbons (Fsp3) is 0.400. The molecule has 0 unspecified atom stereocenters. The first kappa shape index (κ1) is 13.5. The number of rotatable bonds is 2. The molecule has 1 aromatic heterocycles. The van der Waals surface area contributed by atoms with Crippen LogP contribution in [0.25, 0.3) is 10.9 Å². The highest BCUT2D eigenvalue weighted by molar-refractivity contribution is 5.97. The molecule has 0 bridgehead atoms. The van der Waals surface area contributed by atoms with Crippen LogP contribution >= 0.6 is 0 Å². The second-order valence-electron chi connectivity index (χ2n) is 5.80. The first-order valence-electron chi connectivity index (χ1n) is 6.19. The molecule has 0 saturated carbocycles. The smallest absolute Gasteiger partial charge is 0.352 e. The second-order valence-corrected chi connectivity index (χ2v) is 5.80. The topological polar surface area (TPSA) is 62.3 Å². The summed E-state index contributed by atoms with van der Waals surface area (Å²) in [6, 6.07) is 3.64. The molecule has 0 amide bonds. The molecule has 2 aromatic rings. The molecule has 19 heavy (non-hydrogen) atoms. The first-order chi connectivity index (χ1) is 8.75. The van der Waals surface area contributed by atoms with Crippen molar-refractivity contribution in [1.82, 2.24) is 4.98 Å². The van der Waals surface area contributed by atoms with Gasteiger partial charge in [0.2, 0.25) is 0 Å². The van der Waals surface area contributed by atoms with Crippen LogP contribution in [0.1, 0.15) is 42.4 Å². The summed E-state index contributed by atoms with van der Waals surface area (Å²) in [4.78, 5) is 14.1. The van der Waals surface area contributed by atoms with E-state index in [0.717, 1.165) is 27.8 Å². The van der Waals surface area contributed by atoms with Crippen molar-refractivity contribution in [3.05, 3.63) is 29.0 Å². The number of hydrogen-bond donors (Lipinski definition) is 2. The number of aromatic nitrogens is 1. The lowest BCUT2D eigenvalue weighted by Crippen LogP contribution is -2.14. The average molecular weight is 261 g/mol. The number of carboxylic acids is 1. The zero-order valence-corrected chi connectivity index (χ0v) is 11.9. The van der Waals surface area contributed by atoms with Crippen molar-refractivity contribution in [2.45, 2.75) is 33.1 Å². The number of fused-ring (bicyclic) bond motifs is 1. The molecule has 0 saturated heterocycles. The van der Waals surface area contributed by atoms with Crippen LogP contribution < -0.4 is 4.74 Å². The van der Waals surface area contributed by atoms with Crippen LogP contribution in [0, 0.1) is 6.92 Å². The molecule has 0 spiro atoms. The third-order valence-corrected chi connectivity index (χ3v) is 3.29. The van der Waals surface area contributed by atoms with Gasteiger partial charge in [-0.3, -0.25) is 0 Å². The predicted octanol–water partition coefficient (Wildman–Crippen LogP) is 3.48. The third-order valence-electron chi connectivity index (χ3n) is 3.29. The Morgan fingerprint density at radius 3 is 2.42 bits per heavy atom. The fourth-order valence-electron chi connectivity index (χ4n) is 2.45. The Bertz CT molecular complexity index is 647. The van der Waals surface area contributed by atoms with Gasteiger partial charge in [-0.05, 0) is 30.0 Å². The summed E-state index contributed by atoms with van der Waals surface area (Å²) in [5, 5.41) is 10.1. The van der Waals surface area contributed by atoms with E-state index in [1.54, 1.807) is 13.2 Å². The standard InChI is InChI=1S/C15H19NO3/c1-8-6-11(19-5)12(15(2,3)4)13-9(8)7-10(16-13)14(17)18/h6-7,16H,1-5H3,(H,17,18). The van der Waals surface area contributed by atoms with Crippen molar-refractivity contribution >= 4 is 16.9 Å². The van der Waals surface area contributed by atoms with Gasteiger partial charge in [0.05, 0.1) is 12.6 Å². The van der Waals surface area contributed by atoms with Gasteiger partial charge in [0.1, 0.15) is 11.4 Å². The zero-order valence-electron chi connectivity index (χ0n) is 11.9. The largest absolute Gasteiger partial charge is 0.496 e. The molecule has 0 atom stereocenters. The molecule has 102 valence electrons. The van der Waals surface area contributed by atoms with Crippen LogP contribution in [0.3, 0.4) is 0 Å². The molecule has 2 N–H and O–H groups in total. The van der Waals surface area contributed by atoms with Crippen LogP contribution in [0.5, 0.6) is 5.75 Å². The van der Waals surface area contributed by atoms with E-state index in [9.17, 15) is 4.79 Å². The molecular weight excluding hydrogens is 242 g/mol. The lowest BCUT2D eigenvalue weighted by molar-refractivity contribution is 0.0691. The first-order valence-corrected chi connectivity index (χ1v) is 6.19. The van der Waals surface area contributed by atoms with Gasteiger partial charge in [-0.25, -0.2) is 4.79 Å². The number of hydrogen-bond acceptors (Lipinski definition) is 2. The molecule has 4 heteroatoms. The summed E-state index contributed by atoms with van der Waals surface area (Å²) in [6.45, 7) is 8.21. The van der Waals surface area contributed by atoms with Gasteiger partial charge in [0.25, 0.3) is 0 Å². The molecule has 0 aliphatic rings. The van der Waals surface area contributed by atoms with E-state index in [2.05, 4.69) is 25.8 Å². The third kappa shape index (κ3) is 2.18. The number of nitrogens with one attached hydrogen (secondary N) is 1. The van der Waals surface area contributed by atoms with E-state index in [-0.39, 0.29) is 11.1 Å². The summed E-state index contributed by atoms with van der Waals surface area (Å²) in [5.41, 5.74) is 2.92. The lowest BCUT2D eigenvalue weighted by atomic mass is 9.84. The maximum Gasteiger partial charge on any atom is 0.352 e. The Labute approximate surface area is 112 Å². The van der Waals surface area contributed by atoms with Gasteiger partial charge in [-0.15, -0.1) is 0 Å². The Balaban J connectivity index is 2.90. The van der Waals surface area contributed by atoms with Crippen molar-refractivity contribution in [2.75, 3.05) is 7.11 Å². The Kier molecular flexibility index (Phi) is 3.04. The van der Waals surface area contributed by atoms with Crippen LogP contribution in [-0.4, -0.2) is 23.2 Å². The van der Waals surface area contributed by atoms with E-state index in [4.69, 9.17) is 9.84 Å². The van der Waals surface area contributed by atoms with Crippen LogP contribution in [0.2, 0.25) is 0 Å². The summed E-state index contributed by atoms with van der Waals surface area (Å²) < 4.78 is 5.46. The fourth-order valence-corrected chi connectivity index (χ4v) is 2.45. The van der Waals surface area contributed by atoms with Gasteiger partial charge in [0, 0.05) is 10.9 Å². The van der Waals surface area contributed by atoms with Crippen molar-refractivity contribution < 1.29 is 14.6 Å². The number of ether oxygens (including phenoxy) is 1. The maximum absolute atomic E-state index is 11.1. The molecule has 0 aliphatic heterocycles. The van der Waals surface area contributed by atoms with Gasteiger partial charge in [0.15, 0.2) is 0 Å². The summed E-state index contributed by atoms with van der Waals surface area (Å²) in [5.74, 6) is -0.161. The number of carbonyl (C=O) groups is 1. The van der Waals surface area contributed by atoms with E-state index in [0.29, 0.717) is 0 Å². The van der Waals surface area contributed by atoms with E-state index < -0.39 is 5.97 Å². The quantitative estimate of drug-likeness (QED) is 0.870. The maximum atomic E-state index is 11.1. The minimum atomic E-state index is -0.950. The van der Waals surface area contributed by atoms with Crippen molar-refractivity contribution in [3.8, 4) is 5.75 Å². The number of aromatic amines is 1. The Hall–Kier alpha value is -1.97. The average Bonchev–Trinajstić information content (AvgIpc) is 2.71. The SMILES string of the molecule is COc1cc(C)c2cc(C(=O)O)[nH]c2c1C(C)(C)C. The van der Waals surface area contributed by atoms with Gasteiger partial charge < -0.3 is 14.8 Å². The van der Waals surface area contributed by atoms with Crippen molar-refractivity contribution in [2.24, 2.45) is 0 Å². The number of H-pyrrole nitrogens is 1. The minimum absolute atomic E-state index is 0.141. The normalized spacial score (nSPS) is 11.8. The van der Waals surface area contributed by atoms with Crippen LogP contribution in [0.15, 0.2) is 12.1 Å². The molecular formula is C15H19NO3. The summed E-state index contributed by atoms with van der Waals surface area (Å²) in [7, 11) is 1.64. The molecule has 1 aromatic carbocycles.